The molecular weight excluding hydrogens is 650 g/mol. The first-order valence-corrected chi connectivity index (χ1v) is 17.2. The van der Waals surface area contributed by atoms with Gasteiger partial charge in [0.15, 0.2) is 0 Å². The van der Waals surface area contributed by atoms with Crippen molar-refractivity contribution in [3.8, 4) is 0 Å². The van der Waals surface area contributed by atoms with E-state index >= 15 is 0 Å². The van der Waals surface area contributed by atoms with Crippen molar-refractivity contribution in [1.29, 1.82) is 0 Å². The van der Waals surface area contributed by atoms with E-state index in [9.17, 15) is 14.2 Å². The zero-order chi connectivity index (χ0) is 30.2. The number of hydrogen-bond acceptors (Lipinski definition) is 5. The van der Waals surface area contributed by atoms with Gasteiger partial charge in [0.05, 0.1) is 43.9 Å². The van der Waals surface area contributed by atoms with Crippen molar-refractivity contribution in [2.24, 2.45) is 5.41 Å². The molecule has 0 aromatic carbocycles. The Bertz CT molecular complexity index is 1330. The maximum atomic E-state index is 13.3. The topological polar surface area (TPSA) is 110 Å². The van der Waals surface area contributed by atoms with E-state index in [0.29, 0.717) is 5.50 Å². The summed E-state index contributed by atoms with van der Waals surface area (Å²) >= 11 is 3.44. The Morgan fingerprint density at radius 2 is 1.38 bits per heavy atom. The minimum absolute atomic E-state index is 0. The van der Waals surface area contributed by atoms with E-state index in [1.54, 1.807) is 20.8 Å². The summed E-state index contributed by atoms with van der Waals surface area (Å²) < 4.78 is 20.8. The Kier molecular flexibility index (Phi) is 19.6. The second-order valence-corrected chi connectivity index (χ2v) is 17.3. The van der Waals surface area contributed by atoms with Gasteiger partial charge in [0.25, 0.3) is 0 Å². The van der Waals surface area contributed by atoms with Crippen LogP contribution in [-0.2, 0) is 45.3 Å². The summed E-state index contributed by atoms with van der Waals surface area (Å²) in [5, 5.41) is 0. The van der Waals surface area contributed by atoms with Crippen molar-refractivity contribution in [2.75, 3.05) is 31.3 Å². The standard InChI is InChI=1S/C29H35BrO7P2.Ti/c1-8-12-13-14-15-16-17-18-19-21-25(38(9-2,10-3)11-4)37-27(32)29(7,30)24-28(5,6)26(31)36-22-20-23-39(33,34)35;/h1,9-11,20,22-24H2,2-7H3,(H-,33,34,35);/p+1. The zero-order valence-electron chi connectivity index (χ0n) is 23.9. The van der Waals surface area contributed by atoms with Gasteiger partial charge in [0.1, 0.15) is 4.32 Å². The van der Waals surface area contributed by atoms with Crippen LogP contribution in [0.2, 0.25) is 0 Å². The van der Waals surface area contributed by atoms with Crippen molar-refractivity contribution in [3.05, 3.63) is 69.4 Å². The fourth-order valence-corrected chi connectivity index (χ4v) is 7.55. The molecule has 214 valence electrons. The maximum Gasteiger partial charge on any atom is 0.330 e. The Labute approximate surface area is 261 Å². The molecule has 0 aliphatic rings. The molecule has 0 amide bonds. The number of halogens is 1. The molecule has 1 unspecified atom stereocenters. The fourth-order valence-electron chi connectivity index (χ4n) is 3.46. The third-order valence-electron chi connectivity index (χ3n) is 5.71. The number of alkyl halides is 1. The van der Waals surface area contributed by atoms with Gasteiger partial charge in [-0.1, -0.05) is 21.7 Å². The summed E-state index contributed by atoms with van der Waals surface area (Å²) in [4.78, 5) is 43.9. The number of carbonyl (C=O) groups is 2. The normalized spacial score (nSPS) is 11.7. The van der Waals surface area contributed by atoms with Crippen molar-refractivity contribution in [2.45, 2.75) is 58.7 Å². The van der Waals surface area contributed by atoms with E-state index < -0.39 is 36.5 Å². The molecule has 0 rings (SSSR count). The van der Waals surface area contributed by atoms with Gasteiger partial charge in [-0.2, -0.15) is 0 Å². The second kappa shape index (κ2) is 19.4. The summed E-state index contributed by atoms with van der Waals surface area (Å²) in [6.45, 7) is 14.2. The molecule has 0 saturated carbocycles. The first-order chi connectivity index (χ1) is 18.1. The predicted octanol–water partition coefficient (Wildman–Crippen LogP) is 6.31. The van der Waals surface area contributed by atoms with Crippen LogP contribution in [0.3, 0.4) is 0 Å². The molecule has 1 atom stereocenters. The Morgan fingerprint density at radius 1 is 0.900 bits per heavy atom. The average molecular weight is 686 g/mol. The number of hydrogen-bond donors (Lipinski definition) is 2. The van der Waals surface area contributed by atoms with Crippen LogP contribution < -0.4 is 0 Å². The van der Waals surface area contributed by atoms with E-state index in [-0.39, 0.29) is 47.3 Å². The fraction of sp³-hybridized carbons (Fsp3) is 0.517. The third kappa shape index (κ3) is 15.3. The molecule has 40 heavy (non-hydrogen) atoms. The summed E-state index contributed by atoms with van der Waals surface area (Å²) in [5.41, 5.74) is 25.1. The summed E-state index contributed by atoms with van der Waals surface area (Å²) in [6, 6.07) is 0. The van der Waals surface area contributed by atoms with Gasteiger partial charge in [0, 0.05) is 27.4 Å². The van der Waals surface area contributed by atoms with Crippen molar-refractivity contribution < 1.29 is 55.1 Å². The number of esters is 2. The van der Waals surface area contributed by atoms with E-state index in [0.717, 1.165) is 18.5 Å². The molecular formula is C29H36BrO7P2Ti+. The Balaban J connectivity index is 0. The SMILES string of the molecule is C=C=C=C=C=C=C=C=C=C=C=C(OC(=O)C(C)(Br)CC(C)(C)C(=O)OCCCP(=O)(O)O)[P+](CC)(CC)CC.[Ti]. The van der Waals surface area contributed by atoms with Crippen LogP contribution in [0.4, 0.5) is 0 Å². The van der Waals surface area contributed by atoms with E-state index in [2.05, 4.69) is 79.8 Å². The van der Waals surface area contributed by atoms with E-state index in [1.807, 2.05) is 20.8 Å². The Hall–Kier alpha value is -1.75. The molecule has 2 N–H and O–H groups in total. The number of carbonyl (C=O) groups excluding carboxylic acids is 2. The van der Waals surface area contributed by atoms with Crippen LogP contribution in [0.1, 0.15) is 54.4 Å². The first-order valence-electron chi connectivity index (χ1n) is 12.3. The molecule has 7 nitrogen and oxygen atoms in total. The molecule has 11 heteroatoms. The largest absolute Gasteiger partial charge is 0.465 e. The van der Waals surface area contributed by atoms with Gasteiger partial charge < -0.3 is 19.3 Å². The van der Waals surface area contributed by atoms with E-state index in [4.69, 9.17) is 19.3 Å². The van der Waals surface area contributed by atoms with Crippen molar-refractivity contribution in [1.82, 2.24) is 0 Å². The molecule has 0 aromatic rings. The molecule has 0 radical (unpaired) electrons. The van der Waals surface area contributed by atoms with Crippen LogP contribution in [0.5, 0.6) is 0 Å². The van der Waals surface area contributed by atoms with Gasteiger partial charge in [0.2, 0.25) is 0 Å². The van der Waals surface area contributed by atoms with Gasteiger partial charge in [-0.15, -0.1) is 0 Å². The van der Waals surface area contributed by atoms with Crippen LogP contribution in [-0.4, -0.2) is 57.3 Å². The summed E-state index contributed by atoms with van der Waals surface area (Å²) in [5.74, 6) is -1.18. The van der Waals surface area contributed by atoms with Crippen LogP contribution >= 0.6 is 30.8 Å². The van der Waals surface area contributed by atoms with Crippen LogP contribution in [0.15, 0.2) is 69.4 Å². The maximum absolute atomic E-state index is 13.3. The monoisotopic (exact) mass is 685 g/mol. The molecule has 0 saturated heterocycles. The van der Waals surface area contributed by atoms with Gasteiger partial charge >= 0.3 is 25.0 Å². The van der Waals surface area contributed by atoms with E-state index in [1.165, 1.54) is 0 Å². The minimum Gasteiger partial charge on any atom is -0.465 e. The van der Waals surface area contributed by atoms with Crippen molar-refractivity contribution in [3.63, 3.8) is 0 Å². The molecule has 0 aliphatic carbocycles. The van der Waals surface area contributed by atoms with Gasteiger partial charge in [-0.3, -0.25) is 14.2 Å². The first kappa shape index (κ1) is 40.4. The molecule has 0 bridgehead atoms. The quantitative estimate of drug-likeness (QED) is 0.0445. The van der Waals surface area contributed by atoms with Crippen molar-refractivity contribution >= 4 is 42.7 Å². The minimum atomic E-state index is -4.17. The molecule has 0 fully saturated rings. The molecule has 0 aromatic heterocycles. The number of rotatable bonds is 13. The third-order valence-corrected chi connectivity index (χ3v) is 11.9. The molecule has 0 spiro atoms. The average Bonchev–Trinajstić information content (AvgIpc) is 2.85. The Morgan fingerprint density at radius 3 is 1.82 bits per heavy atom. The summed E-state index contributed by atoms with van der Waals surface area (Å²) in [6.07, 6.45) is 2.07. The van der Waals surface area contributed by atoms with Gasteiger partial charge in [-0.25, -0.2) is 0 Å². The van der Waals surface area contributed by atoms with Crippen LogP contribution in [0.25, 0.3) is 0 Å². The number of ether oxygens (including phenoxy) is 2. The second-order valence-electron chi connectivity index (χ2n) is 9.23. The smallest absolute Gasteiger partial charge is 0.330 e. The van der Waals surface area contributed by atoms with Gasteiger partial charge in [-0.05, 0) is 107 Å². The molecule has 0 aliphatic heterocycles. The molecule has 0 heterocycles. The predicted molar refractivity (Wildman–Crippen MR) is 157 cm³/mol. The summed E-state index contributed by atoms with van der Waals surface area (Å²) in [7, 11) is -6.04. The zero-order valence-corrected chi connectivity index (χ0v) is 28.8. The van der Waals surface area contributed by atoms with Crippen LogP contribution in [0, 0.1) is 5.41 Å².